The number of hydrogen-bond donors (Lipinski definition) is 1. The molecule has 1 N–H and O–H groups in total. The van der Waals surface area contributed by atoms with Crippen LogP contribution in [0.15, 0.2) is 28.2 Å². The summed E-state index contributed by atoms with van der Waals surface area (Å²) in [6.07, 6.45) is 1.57. The van der Waals surface area contributed by atoms with Gasteiger partial charge in [-0.05, 0) is 22.9 Å². The Morgan fingerprint density at radius 2 is 2.19 bits per heavy atom. The predicted molar refractivity (Wildman–Crippen MR) is 82.1 cm³/mol. The molecule has 0 aliphatic carbocycles. The molecular formula is C15H17N3O2S. The maximum atomic E-state index is 10.1. The summed E-state index contributed by atoms with van der Waals surface area (Å²) in [6.45, 7) is 5.93. The van der Waals surface area contributed by atoms with Crippen LogP contribution >= 0.6 is 11.3 Å². The molecule has 0 aromatic carbocycles. The fourth-order valence-electron chi connectivity index (χ4n) is 1.90. The average molecular weight is 303 g/mol. The van der Waals surface area contributed by atoms with Crippen LogP contribution in [0.1, 0.15) is 26.7 Å². The molecular weight excluding hydrogens is 286 g/mol. The molecule has 0 spiro atoms. The highest BCUT2D eigenvalue weighted by Crippen LogP contribution is 2.25. The van der Waals surface area contributed by atoms with Crippen LogP contribution in [0.4, 0.5) is 0 Å². The lowest BCUT2D eigenvalue weighted by Crippen LogP contribution is -2.28. The lowest BCUT2D eigenvalue weighted by molar-refractivity contribution is 0.0565. The summed E-state index contributed by atoms with van der Waals surface area (Å²) in [5.74, 6) is 0.951. The smallest absolute Gasteiger partial charge is 0.229 e. The number of rotatable bonds is 3. The van der Waals surface area contributed by atoms with E-state index in [0.717, 1.165) is 15.8 Å². The van der Waals surface area contributed by atoms with Crippen molar-refractivity contribution in [1.82, 2.24) is 15.1 Å². The van der Waals surface area contributed by atoms with Crippen molar-refractivity contribution >= 4 is 21.6 Å². The molecule has 1 atom stereocenters. The first-order valence-electron chi connectivity index (χ1n) is 6.78. The maximum absolute atomic E-state index is 10.1. The summed E-state index contributed by atoms with van der Waals surface area (Å²) in [5.41, 5.74) is 1.58. The largest absolute Gasteiger partial charge is 0.392 e. The van der Waals surface area contributed by atoms with Crippen molar-refractivity contribution in [1.29, 1.82) is 0 Å². The number of pyridine rings is 1. The molecule has 3 aromatic heterocycles. The van der Waals surface area contributed by atoms with Crippen LogP contribution in [-0.4, -0.2) is 26.3 Å². The van der Waals surface area contributed by atoms with E-state index in [4.69, 9.17) is 4.52 Å². The van der Waals surface area contributed by atoms with Crippen molar-refractivity contribution in [3.63, 3.8) is 0 Å². The van der Waals surface area contributed by atoms with Gasteiger partial charge in [0.15, 0.2) is 0 Å². The molecule has 0 aliphatic heterocycles. The first-order valence-corrected chi connectivity index (χ1v) is 7.66. The third kappa shape index (κ3) is 2.96. The molecule has 0 bridgehead atoms. The van der Waals surface area contributed by atoms with Crippen molar-refractivity contribution in [2.45, 2.75) is 33.3 Å². The summed E-state index contributed by atoms with van der Waals surface area (Å²) in [7, 11) is 0. The zero-order valence-corrected chi connectivity index (χ0v) is 13.0. The summed E-state index contributed by atoms with van der Waals surface area (Å²) in [5, 5.41) is 16.1. The van der Waals surface area contributed by atoms with Crippen LogP contribution in [0, 0.1) is 5.41 Å². The first-order chi connectivity index (χ1) is 9.93. The van der Waals surface area contributed by atoms with Gasteiger partial charge < -0.3 is 9.63 Å². The minimum Gasteiger partial charge on any atom is -0.392 e. The Morgan fingerprint density at radius 1 is 1.38 bits per heavy atom. The standard InChI is InChI=1S/C15H17N3O2S/c1-15(2,3)12(19)7-13-17-14(18-20-13)9-6-11-10(16-8-9)4-5-21-11/h4-6,8,12,19H,7H2,1-3H3. The zero-order chi connectivity index (χ0) is 15.0. The number of fused-ring (bicyclic) bond motifs is 1. The maximum Gasteiger partial charge on any atom is 0.229 e. The minimum absolute atomic E-state index is 0.216. The highest BCUT2D eigenvalue weighted by molar-refractivity contribution is 7.17. The normalized spacial score (nSPS) is 13.7. The van der Waals surface area contributed by atoms with E-state index in [0.29, 0.717) is 18.1 Å². The fourth-order valence-corrected chi connectivity index (χ4v) is 2.68. The Kier molecular flexibility index (Phi) is 3.51. The van der Waals surface area contributed by atoms with Gasteiger partial charge in [0.1, 0.15) is 0 Å². The van der Waals surface area contributed by atoms with E-state index in [9.17, 15) is 5.11 Å². The SMILES string of the molecule is CC(C)(C)C(O)Cc1nc(-c2cnc3ccsc3c2)no1. The minimum atomic E-state index is -0.524. The van der Waals surface area contributed by atoms with Crippen molar-refractivity contribution in [3.05, 3.63) is 29.6 Å². The highest BCUT2D eigenvalue weighted by atomic mass is 32.1. The Labute approximate surface area is 126 Å². The van der Waals surface area contributed by atoms with E-state index in [-0.39, 0.29) is 5.41 Å². The Bertz CT molecular complexity index is 757. The lowest BCUT2D eigenvalue weighted by atomic mass is 9.87. The Balaban J connectivity index is 1.84. The average Bonchev–Trinajstić information content (AvgIpc) is 3.04. The van der Waals surface area contributed by atoms with Crippen LogP contribution in [0.2, 0.25) is 0 Å². The van der Waals surface area contributed by atoms with Gasteiger partial charge in [0.2, 0.25) is 11.7 Å². The number of aliphatic hydroxyl groups excluding tert-OH is 1. The molecule has 0 saturated carbocycles. The molecule has 21 heavy (non-hydrogen) atoms. The second-order valence-electron chi connectivity index (χ2n) is 6.13. The van der Waals surface area contributed by atoms with Crippen molar-refractivity contribution in [2.75, 3.05) is 0 Å². The summed E-state index contributed by atoms with van der Waals surface area (Å²) in [6, 6.07) is 3.98. The van der Waals surface area contributed by atoms with E-state index in [1.807, 2.05) is 38.3 Å². The van der Waals surface area contributed by atoms with Gasteiger partial charge in [0, 0.05) is 11.8 Å². The van der Waals surface area contributed by atoms with Crippen molar-refractivity contribution < 1.29 is 9.63 Å². The monoisotopic (exact) mass is 303 g/mol. The van der Waals surface area contributed by atoms with E-state index >= 15 is 0 Å². The molecule has 0 radical (unpaired) electrons. The van der Waals surface area contributed by atoms with E-state index in [1.165, 1.54) is 0 Å². The highest BCUT2D eigenvalue weighted by Gasteiger charge is 2.24. The van der Waals surface area contributed by atoms with Gasteiger partial charge in [-0.2, -0.15) is 4.98 Å². The Hall–Kier alpha value is -1.79. The van der Waals surface area contributed by atoms with Crippen LogP contribution in [0.5, 0.6) is 0 Å². The Morgan fingerprint density at radius 3 is 2.95 bits per heavy atom. The molecule has 1 unspecified atom stereocenters. The van der Waals surface area contributed by atoms with Gasteiger partial charge >= 0.3 is 0 Å². The van der Waals surface area contributed by atoms with E-state index in [1.54, 1.807) is 17.5 Å². The molecule has 0 fully saturated rings. The molecule has 3 aromatic rings. The van der Waals surface area contributed by atoms with Crippen molar-refractivity contribution in [2.24, 2.45) is 5.41 Å². The second kappa shape index (κ2) is 5.20. The summed E-state index contributed by atoms with van der Waals surface area (Å²) >= 11 is 1.63. The van der Waals surface area contributed by atoms with E-state index < -0.39 is 6.10 Å². The number of hydrogen-bond acceptors (Lipinski definition) is 6. The number of aromatic nitrogens is 3. The lowest BCUT2D eigenvalue weighted by Gasteiger charge is -2.24. The third-order valence-electron chi connectivity index (χ3n) is 3.40. The molecule has 6 heteroatoms. The van der Waals surface area contributed by atoms with Crippen LogP contribution < -0.4 is 0 Å². The molecule has 110 valence electrons. The zero-order valence-electron chi connectivity index (χ0n) is 12.2. The molecule has 0 saturated heterocycles. The molecule has 3 rings (SSSR count). The number of thiophene rings is 1. The van der Waals surface area contributed by atoms with E-state index in [2.05, 4.69) is 15.1 Å². The van der Waals surface area contributed by atoms with Gasteiger partial charge in [-0.1, -0.05) is 25.9 Å². The summed E-state index contributed by atoms with van der Waals surface area (Å²) in [4.78, 5) is 8.72. The van der Waals surface area contributed by atoms with Gasteiger partial charge in [-0.25, -0.2) is 0 Å². The van der Waals surface area contributed by atoms with Gasteiger partial charge in [-0.3, -0.25) is 4.98 Å². The molecule has 3 heterocycles. The predicted octanol–water partition coefficient (Wildman–Crippen LogP) is 3.30. The van der Waals surface area contributed by atoms with Gasteiger partial charge in [0.25, 0.3) is 0 Å². The topological polar surface area (TPSA) is 72.0 Å². The third-order valence-corrected chi connectivity index (χ3v) is 4.25. The number of aliphatic hydroxyl groups is 1. The molecule has 0 amide bonds. The molecule has 5 nitrogen and oxygen atoms in total. The number of nitrogens with zero attached hydrogens (tertiary/aromatic N) is 3. The first kappa shape index (κ1) is 14.2. The van der Waals surface area contributed by atoms with Crippen LogP contribution in [-0.2, 0) is 6.42 Å². The fraction of sp³-hybridized carbons (Fsp3) is 0.400. The molecule has 0 aliphatic rings. The van der Waals surface area contributed by atoms with Gasteiger partial charge in [0.05, 0.1) is 22.7 Å². The second-order valence-corrected chi connectivity index (χ2v) is 7.07. The van der Waals surface area contributed by atoms with Crippen molar-refractivity contribution in [3.8, 4) is 11.4 Å². The summed E-state index contributed by atoms with van der Waals surface area (Å²) < 4.78 is 6.32. The van der Waals surface area contributed by atoms with Crippen LogP contribution in [0.25, 0.3) is 21.6 Å². The van der Waals surface area contributed by atoms with Crippen LogP contribution in [0.3, 0.4) is 0 Å². The quantitative estimate of drug-likeness (QED) is 0.803. The van der Waals surface area contributed by atoms with Gasteiger partial charge in [-0.15, -0.1) is 11.3 Å².